The summed E-state index contributed by atoms with van der Waals surface area (Å²) in [6, 6.07) is 7.60. The number of hydrogen-bond acceptors (Lipinski definition) is 6. The first kappa shape index (κ1) is 17.0. The van der Waals surface area contributed by atoms with Gasteiger partial charge in [-0.3, -0.25) is 15.0 Å². The first-order chi connectivity index (χ1) is 12.0. The number of halogens is 2. The summed E-state index contributed by atoms with van der Waals surface area (Å²) in [6.45, 7) is 0. The predicted octanol–water partition coefficient (Wildman–Crippen LogP) is 2.43. The molecule has 0 fully saturated rings. The van der Waals surface area contributed by atoms with Crippen molar-refractivity contribution in [3.63, 3.8) is 0 Å². The van der Waals surface area contributed by atoms with Crippen molar-refractivity contribution in [3.8, 4) is 11.5 Å². The van der Waals surface area contributed by atoms with Crippen molar-refractivity contribution in [1.29, 1.82) is 0 Å². The zero-order valence-corrected chi connectivity index (χ0v) is 13.6. The standard InChI is InChI=1S/C15H11F2N5O2S/c1-22-13(9-4-2-3-7-18-9)19-20-15(22)25-10-6-5-8(14(23)21-24)11(16)12(10)17/h2-7,24H,1H3,(H,21,23). The third-order valence-electron chi connectivity index (χ3n) is 3.32. The molecule has 1 amide bonds. The topological polar surface area (TPSA) is 92.9 Å². The average molecular weight is 363 g/mol. The van der Waals surface area contributed by atoms with E-state index in [1.807, 2.05) is 0 Å². The number of rotatable bonds is 4. The maximum Gasteiger partial charge on any atom is 0.277 e. The van der Waals surface area contributed by atoms with Crippen molar-refractivity contribution >= 4 is 17.7 Å². The monoisotopic (exact) mass is 363 g/mol. The van der Waals surface area contributed by atoms with Gasteiger partial charge in [0, 0.05) is 13.2 Å². The number of amides is 1. The van der Waals surface area contributed by atoms with Crippen LogP contribution in [0, 0.1) is 11.6 Å². The van der Waals surface area contributed by atoms with E-state index < -0.39 is 23.1 Å². The summed E-state index contributed by atoms with van der Waals surface area (Å²) in [5.74, 6) is -3.23. The van der Waals surface area contributed by atoms with Crippen molar-refractivity contribution in [2.75, 3.05) is 0 Å². The average Bonchev–Trinajstić information content (AvgIpc) is 3.00. The third kappa shape index (κ3) is 3.21. The number of nitrogens with one attached hydrogen (secondary N) is 1. The molecule has 10 heteroatoms. The molecule has 3 rings (SSSR count). The quantitative estimate of drug-likeness (QED) is 0.546. The Morgan fingerprint density at radius 3 is 2.68 bits per heavy atom. The normalized spacial score (nSPS) is 10.7. The highest BCUT2D eigenvalue weighted by Crippen LogP contribution is 2.32. The minimum Gasteiger partial charge on any atom is -0.304 e. The molecule has 7 nitrogen and oxygen atoms in total. The largest absolute Gasteiger partial charge is 0.304 e. The third-order valence-corrected chi connectivity index (χ3v) is 4.40. The SMILES string of the molecule is Cn1c(Sc2ccc(C(=O)NO)c(F)c2F)nnc1-c1ccccn1. The fraction of sp³-hybridized carbons (Fsp3) is 0.0667. The number of aromatic nitrogens is 4. The molecule has 0 radical (unpaired) electrons. The second-order valence-corrected chi connectivity index (χ2v) is 5.87. The predicted molar refractivity (Wildman–Crippen MR) is 84.0 cm³/mol. The lowest BCUT2D eigenvalue weighted by atomic mass is 10.2. The van der Waals surface area contributed by atoms with Crippen molar-refractivity contribution in [2.24, 2.45) is 7.05 Å². The molecular weight excluding hydrogens is 352 g/mol. The van der Waals surface area contributed by atoms with Crippen LogP contribution in [0.25, 0.3) is 11.5 Å². The molecule has 0 aliphatic carbocycles. The van der Waals surface area contributed by atoms with Crippen molar-refractivity contribution in [3.05, 3.63) is 53.7 Å². The molecule has 0 atom stereocenters. The van der Waals surface area contributed by atoms with Crippen LogP contribution >= 0.6 is 11.8 Å². The van der Waals surface area contributed by atoms with Crippen LogP contribution in [0.15, 0.2) is 46.6 Å². The lowest BCUT2D eigenvalue weighted by Gasteiger charge is -2.07. The fourth-order valence-corrected chi connectivity index (χ4v) is 2.88. The van der Waals surface area contributed by atoms with E-state index in [-0.39, 0.29) is 4.90 Å². The summed E-state index contributed by atoms with van der Waals surface area (Å²) >= 11 is 0.851. The van der Waals surface area contributed by atoms with E-state index in [0.29, 0.717) is 16.7 Å². The van der Waals surface area contributed by atoms with Gasteiger partial charge in [0.25, 0.3) is 5.91 Å². The molecular formula is C15H11F2N5O2S. The van der Waals surface area contributed by atoms with Gasteiger partial charge < -0.3 is 4.57 Å². The van der Waals surface area contributed by atoms with Gasteiger partial charge in [-0.2, -0.15) is 0 Å². The number of carbonyl (C=O) groups excluding carboxylic acids is 1. The Morgan fingerprint density at radius 1 is 1.20 bits per heavy atom. The molecule has 2 N–H and O–H groups in total. The van der Waals surface area contributed by atoms with E-state index in [4.69, 9.17) is 5.21 Å². The molecule has 128 valence electrons. The minimum atomic E-state index is -1.36. The number of benzene rings is 1. The molecule has 0 saturated heterocycles. The summed E-state index contributed by atoms with van der Waals surface area (Å²) in [5.41, 5.74) is 1.25. The van der Waals surface area contributed by atoms with E-state index in [0.717, 1.165) is 17.8 Å². The number of hydrogen-bond donors (Lipinski definition) is 2. The Kier molecular flexibility index (Phi) is 4.72. The Balaban J connectivity index is 1.93. The van der Waals surface area contributed by atoms with E-state index in [9.17, 15) is 13.6 Å². The van der Waals surface area contributed by atoms with Gasteiger partial charge in [-0.15, -0.1) is 10.2 Å². The van der Waals surface area contributed by atoms with Gasteiger partial charge in [-0.25, -0.2) is 14.3 Å². The maximum atomic E-state index is 14.2. The summed E-state index contributed by atoms with van der Waals surface area (Å²) in [5, 5.41) is 16.8. The number of nitrogens with zero attached hydrogens (tertiary/aromatic N) is 4. The van der Waals surface area contributed by atoms with Crippen molar-refractivity contribution < 1.29 is 18.8 Å². The summed E-state index contributed by atoms with van der Waals surface area (Å²) in [4.78, 5) is 15.4. The second kappa shape index (κ2) is 6.95. The molecule has 0 spiro atoms. The lowest BCUT2D eigenvalue weighted by molar-refractivity contribution is 0.0700. The van der Waals surface area contributed by atoms with E-state index in [1.54, 1.807) is 36.0 Å². The van der Waals surface area contributed by atoms with Crippen LogP contribution in [0.4, 0.5) is 8.78 Å². The van der Waals surface area contributed by atoms with E-state index in [1.165, 1.54) is 11.5 Å². The first-order valence-electron chi connectivity index (χ1n) is 6.94. The van der Waals surface area contributed by atoms with Crippen LogP contribution in [0.5, 0.6) is 0 Å². The van der Waals surface area contributed by atoms with Crippen LogP contribution in [-0.4, -0.2) is 30.9 Å². The zero-order chi connectivity index (χ0) is 18.0. The van der Waals surface area contributed by atoms with E-state index in [2.05, 4.69) is 15.2 Å². The van der Waals surface area contributed by atoms with Gasteiger partial charge in [0.1, 0.15) is 5.69 Å². The lowest BCUT2D eigenvalue weighted by Crippen LogP contribution is -2.20. The maximum absolute atomic E-state index is 14.2. The first-order valence-corrected chi connectivity index (χ1v) is 7.75. The second-order valence-electron chi connectivity index (χ2n) is 4.86. The highest BCUT2D eigenvalue weighted by atomic mass is 32.2. The van der Waals surface area contributed by atoms with Crippen LogP contribution < -0.4 is 5.48 Å². The Morgan fingerprint density at radius 2 is 2.00 bits per heavy atom. The van der Waals surface area contributed by atoms with Gasteiger partial charge in [0.15, 0.2) is 22.6 Å². The molecule has 0 bridgehead atoms. The molecule has 25 heavy (non-hydrogen) atoms. The van der Waals surface area contributed by atoms with Crippen LogP contribution in [-0.2, 0) is 7.05 Å². The highest BCUT2D eigenvalue weighted by Gasteiger charge is 2.21. The van der Waals surface area contributed by atoms with Gasteiger partial charge in [0.2, 0.25) is 0 Å². The molecule has 0 aliphatic heterocycles. The van der Waals surface area contributed by atoms with Crippen LogP contribution in [0.2, 0.25) is 0 Å². The van der Waals surface area contributed by atoms with Gasteiger partial charge >= 0.3 is 0 Å². The van der Waals surface area contributed by atoms with Crippen LogP contribution in [0.3, 0.4) is 0 Å². The zero-order valence-electron chi connectivity index (χ0n) is 12.8. The Hall–Kier alpha value is -2.85. The summed E-state index contributed by atoms with van der Waals surface area (Å²) in [7, 11) is 1.67. The van der Waals surface area contributed by atoms with E-state index >= 15 is 0 Å². The van der Waals surface area contributed by atoms with Crippen molar-refractivity contribution in [2.45, 2.75) is 10.1 Å². The van der Waals surface area contributed by atoms with Gasteiger partial charge in [-0.1, -0.05) is 6.07 Å². The minimum absolute atomic E-state index is 0.0740. The molecule has 0 saturated carbocycles. The van der Waals surface area contributed by atoms with Gasteiger partial charge in [-0.05, 0) is 36.0 Å². The number of hydroxylamine groups is 1. The Labute approximate surface area is 144 Å². The molecule has 0 aliphatic rings. The molecule has 2 heterocycles. The summed E-state index contributed by atoms with van der Waals surface area (Å²) in [6.07, 6.45) is 1.61. The number of carbonyl (C=O) groups is 1. The molecule has 3 aromatic rings. The Bertz CT molecular complexity index is 933. The fourth-order valence-electron chi connectivity index (χ4n) is 2.07. The highest BCUT2D eigenvalue weighted by molar-refractivity contribution is 7.99. The van der Waals surface area contributed by atoms with Crippen molar-refractivity contribution in [1.82, 2.24) is 25.2 Å². The van der Waals surface area contributed by atoms with Crippen LogP contribution in [0.1, 0.15) is 10.4 Å². The summed E-state index contributed by atoms with van der Waals surface area (Å²) < 4.78 is 29.7. The molecule has 1 aromatic carbocycles. The number of pyridine rings is 1. The van der Waals surface area contributed by atoms with Gasteiger partial charge in [0.05, 0.1) is 10.5 Å². The molecule has 2 aromatic heterocycles. The smallest absolute Gasteiger partial charge is 0.277 e. The molecule has 0 unspecified atom stereocenters.